The molecule has 0 aromatic heterocycles. The molecule has 34 heavy (non-hydrogen) atoms. The predicted molar refractivity (Wildman–Crippen MR) is 133 cm³/mol. The van der Waals surface area contributed by atoms with Crippen molar-refractivity contribution < 1.29 is 29.7 Å². The van der Waals surface area contributed by atoms with Gasteiger partial charge in [0, 0.05) is 37.7 Å². The minimum Gasteiger partial charge on any atom is -0.481 e. The number of aliphatic carboxylic acids is 3. The maximum atomic E-state index is 11.6. The van der Waals surface area contributed by atoms with E-state index < -0.39 is 17.9 Å². The lowest BCUT2D eigenvalue weighted by Crippen LogP contribution is -2.41. The highest BCUT2D eigenvalue weighted by molar-refractivity contribution is 7.80. The van der Waals surface area contributed by atoms with E-state index in [1.165, 1.54) is 0 Å². The number of nitrogens with one attached hydrogen (secondary N) is 1. The highest BCUT2D eigenvalue weighted by Gasteiger charge is 2.29. The van der Waals surface area contributed by atoms with Gasteiger partial charge in [-0.3, -0.25) is 24.2 Å². The number of rotatable bonds is 10. The molecule has 0 amide bonds. The van der Waals surface area contributed by atoms with Gasteiger partial charge in [-0.1, -0.05) is 38.2 Å². The third-order valence-corrected chi connectivity index (χ3v) is 6.68. The molecule has 1 fully saturated rings. The van der Waals surface area contributed by atoms with Gasteiger partial charge in [0.15, 0.2) is 0 Å². The van der Waals surface area contributed by atoms with Gasteiger partial charge in [0.1, 0.15) is 0 Å². The Hall–Kier alpha value is -2.56. The Bertz CT molecular complexity index is 861. The largest absolute Gasteiger partial charge is 0.481 e. The number of hydrogen-bond donors (Lipinski definition) is 4. The zero-order valence-electron chi connectivity index (χ0n) is 19.8. The number of anilines is 1. The summed E-state index contributed by atoms with van der Waals surface area (Å²) in [6.07, 6.45) is 1.09. The van der Waals surface area contributed by atoms with Crippen LogP contribution in [0.1, 0.15) is 32.3 Å². The van der Waals surface area contributed by atoms with E-state index in [9.17, 15) is 29.7 Å². The molecule has 1 saturated heterocycles. The van der Waals surface area contributed by atoms with Gasteiger partial charge in [-0.25, -0.2) is 0 Å². The number of carboxylic acid groups (broad SMARTS) is 3. The fourth-order valence-corrected chi connectivity index (χ4v) is 4.39. The van der Waals surface area contributed by atoms with Gasteiger partial charge in [-0.05, 0) is 48.9 Å². The predicted octanol–water partition coefficient (Wildman–Crippen LogP) is 2.51. The first kappa shape index (κ1) is 27.7. The van der Waals surface area contributed by atoms with Crippen molar-refractivity contribution in [2.24, 2.45) is 17.8 Å². The van der Waals surface area contributed by atoms with Crippen LogP contribution in [0.25, 0.3) is 0 Å². The Balaban J connectivity index is 2.24. The Morgan fingerprint density at radius 2 is 1.53 bits per heavy atom. The van der Waals surface area contributed by atoms with Gasteiger partial charge in [-0.15, -0.1) is 0 Å². The van der Waals surface area contributed by atoms with Gasteiger partial charge >= 0.3 is 17.9 Å². The number of carboxylic acids is 3. The van der Waals surface area contributed by atoms with Crippen LogP contribution in [0, 0.1) is 17.8 Å². The summed E-state index contributed by atoms with van der Waals surface area (Å²) < 4.78 is 0. The molecule has 2 unspecified atom stereocenters. The molecule has 0 spiro atoms. The summed E-state index contributed by atoms with van der Waals surface area (Å²) in [5.74, 6) is -2.91. The second-order valence-electron chi connectivity index (χ2n) is 9.25. The summed E-state index contributed by atoms with van der Waals surface area (Å²) >= 11 is 5.34. The van der Waals surface area contributed by atoms with Crippen LogP contribution in [0.5, 0.6) is 0 Å². The Kier molecular flexibility index (Phi) is 10.9. The summed E-state index contributed by atoms with van der Waals surface area (Å²) in [5.41, 5.74) is 1.91. The van der Waals surface area contributed by atoms with E-state index >= 15 is 0 Å². The van der Waals surface area contributed by atoms with E-state index in [1.54, 1.807) is 9.80 Å². The molecule has 0 bridgehead atoms. The molecule has 1 heterocycles. The van der Waals surface area contributed by atoms with Crippen molar-refractivity contribution in [3.63, 3.8) is 0 Å². The van der Waals surface area contributed by atoms with Crippen molar-refractivity contribution >= 4 is 40.8 Å². The standard InChI is InChI=1S/C24H35N3O6S/c1-16(2)24(34)25-20-5-3-17(4-6-20)11-19-13-27(15-23(32)33)10-9-26(14-22(30)31)8-7-18(19)12-21(28)29/h3-6,16,18-19H,7-15H2,1-2H3,(H,25,34)(H,28,29)(H,30,31)(H,32,33). The van der Waals surface area contributed by atoms with E-state index in [-0.39, 0.29) is 37.3 Å². The number of hydrogen-bond acceptors (Lipinski definition) is 6. The molecule has 1 aromatic carbocycles. The lowest BCUT2D eigenvalue weighted by atomic mass is 9.82. The summed E-state index contributed by atoms with van der Waals surface area (Å²) in [4.78, 5) is 38.6. The third-order valence-electron chi connectivity index (χ3n) is 6.11. The molecule has 4 N–H and O–H groups in total. The van der Waals surface area contributed by atoms with Crippen LogP contribution < -0.4 is 5.32 Å². The minimum atomic E-state index is -0.964. The van der Waals surface area contributed by atoms with Crippen LogP contribution in [0.4, 0.5) is 5.69 Å². The molecule has 1 aliphatic rings. The van der Waals surface area contributed by atoms with Crippen LogP contribution in [0.3, 0.4) is 0 Å². The van der Waals surface area contributed by atoms with Crippen molar-refractivity contribution in [3.8, 4) is 0 Å². The van der Waals surface area contributed by atoms with Gasteiger partial charge in [0.2, 0.25) is 0 Å². The van der Waals surface area contributed by atoms with Gasteiger partial charge in [0.25, 0.3) is 0 Å². The molecule has 2 rings (SSSR count). The molecule has 2 atom stereocenters. The lowest BCUT2D eigenvalue weighted by molar-refractivity contribution is -0.140. The Morgan fingerprint density at radius 3 is 2.09 bits per heavy atom. The fourth-order valence-electron chi connectivity index (χ4n) is 4.27. The minimum absolute atomic E-state index is 0.0468. The highest BCUT2D eigenvalue weighted by atomic mass is 32.1. The second kappa shape index (κ2) is 13.4. The topological polar surface area (TPSA) is 130 Å². The molecule has 0 radical (unpaired) electrons. The second-order valence-corrected chi connectivity index (χ2v) is 9.69. The lowest BCUT2D eigenvalue weighted by Gasteiger charge is -2.30. The molecule has 0 aliphatic carbocycles. The van der Waals surface area contributed by atoms with E-state index in [0.717, 1.165) is 16.2 Å². The average Bonchev–Trinajstić information content (AvgIpc) is 2.80. The van der Waals surface area contributed by atoms with E-state index in [1.807, 2.05) is 38.1 Å². The molecular weight excluding hydrogens is 458 g/mol. The Morgan fingerprint density at radius 1 is 0.941 bits per heavy atom. The summed E-state index contributed by atoms with van der Waals surface area (Å²) in [5, 5.41) is 31.3. The molecule has 1 aliphatic heterocycles. The zero-order valence-corrected chi connectivity index (χ0v) is 20.6. The monoisotopic (exact) mass is 493 g/mol. The van der Waals surface area contributed by atoms with Crippen molar-refractivity contribution in [1.82, 2.24) is 9.80 Å². The fraction of sp³-hybridized carbons (Fsp3) is 0.583. The van der Waals surface area contributed by atoms with Gasteiger partial charge < -0.3 is 20.6 Å². The highest BCUT2D eigenvalue weighted by Crippen LogP contribution is 2.27. The first-order chi connectivity index (χ1) is 16.0. The molecule has 10 heteroatoms. The quantitative estimate of drug-likeness (QED) is 0.361. The molecule has 188 valence electrons. The molecular formula is C24H35N3O6S. The van der Waals surface area contributed by atoms with Gasteiger partial charge in [-0.2, -0.15) is 0 Å². The number of thiocarbonyl (C=S) groups is 1. The zero-order chi connectivity index (χ0) is 25.3. The Labute approximate surface area is 205 Å². The van der Waals surface area contributed by atoms with E-state index in [4.69, 9.17) is 12.2 Å². The summed E-state index contributed by atoms with van der Waals surface area (Å²) in [7, 11) is 0. The molecule has 9 nitrogen and oxygen atoms in total. The van der Waals surface area contributed by atoms with Crippen LogP contribution in [-0.4, -0.2) is 87.3 Å². The van der Waals surface area contributed by atoms with Crippen molar-refractivity contribution in [2.75, 3.05) is 44.6 Å². The van der Waals surface area contributed by atoms with Crippen LogP contribution >= 0.6 is 12.2 Å². The van der Waals surface area contributed by atoms with Crippen molar-refractivity contribution in [1.29, 1.82) is 0 Å². The van der Waals surface area contributed by atoms with E-state index in [2.05, 4.69) is 5.32 Å². The summed E-state index contributed by atoms with van der Waals surface area (Å²) in [6, 6.07) is 7.84. The average molecular weight is 494 g/mol. The first-order valence-electron chi connectivity index (χ1n) is 11.5. The first-order valence-corrected chi connectivity index (χ1v) is 11.9. The maximum Gasteiger partial charge on any atom is 0.317 e. The van der Waals surface area contributed by atoms with E-state index in [0.29, 0.717) is 39.0 Å². The number of benzene rings is 1. The summed E-state index contributed by atoms with van der Waals surface area (Å²) in [6.45, 7) is 5.42. The smallest absolute Gasteiger partial charge is 0.317 e. The van der Waals surface area contributed by atoms with Crippen molar-refractivity contribution in [2.45, 2.75) is 33.1 Å². The third kappa shape index (κ3) is 9.74. The van der Waals surface area contributed by atoms with Crippen LogP contribution in [0.2, 0.25) is 0 Å². The van der Waals surface area contributed by atoms with Gasteiger partial charge in [0.05, 0.1) is 18.1 Å². The SMILES string of the molecule is CC(C)C(=S)Nc1ccc(CC2CN(CC(=O)O)CCN(CC(=O)O)CCC2CC(=O)O)cc1. The number of nitrogens with zero attached hydrogens (tertiary/aromatic N) is 2. The molecule has 0 saturated carbocycles. The number of carbonyl (C=O) groups is 3. The van der Waals surface area contributed by atoms with Crippen LogP contribution in [-0.2, 0) is 20.8 Å². The maximum absolute atomic E-state index is 11.6. The van der Waals surface area contributed by atoms with Crippen molar-refractivity contribution in [3.05, 3.63) is 29.8 Å². The normalized spacial score (nSPS) is 20.2. The molecule has 1 aromatic rings. The van der Waals surface area contributed by atoms with Crippen LogP contribution in [0.15, 0.2) is 24.3 Å².